The van der Waals surface area contributed by atoms with Crippen molar-refractivity contribution in [1.29, 1.82) is 0 Å². The average Bonchev–Trinajstić information content (AvgIpc) is 2.98. The predicted octanol–water partition coefficient (Wildman–Crippen LogP) is 4.51. The summed E-state index contributed by atoms with van der Waals surface area (Å²) in [6.45, 7) is 0. The maximum absolute atomic E-state index is 5.86. The fourth-order valence-electron chi connectivity index (χ4n) is 2.73. The Hall–Kier alpha value is -3.54. The SMILES string of the molecule is COc1cccc(Nc2nc3cc(Oc4ccncc4)ccc3n2C)c1. The Bertz CT molecular complexity index is 1040. The Labute approximate surface area is 151 Å². The van der Waals surface area contributed by atoms with Gasteiger partial charge in [0.2, 0.25) is 5.95 Å². The van der Waals surface area contributed by atoms with Crippen molar-refractivity contribution in [2.24, 2.45) is 7.05 Å². The van der Waals surface area contributed by atoms with E-state index in [1.54, 1.807) is 19.5 Å². The van der Waals surface area contributed by atoms with Crippen LogP contribution in [0.25, 0.3) is 11.0 Å². The van der Waals surface area contributed by atoms with Gasteiger partial charge in [-0.3, -0.25) is 4.98 Å². The number of fused-ring (bicyclic) bond motifs is 1. The monoisotopic (exact) mass is 346 g/mol. The number of aryl methyl sites for hydroxylation is 1. The number of nitrogens with one attached hydrogen (secondary N) is 1. The summed E-state index contributed by atoms with van der Waals surface area (Å²) in [6.07, 6.45) is 3.40. The summed E-state index contributed by atoms with van der Waals surface area (Å²) >= 11 is 0. The van der Waals surface area contributed by atoms with Gasteiger partial charge in [-0.15, -0.1) is 0 Å². The third kappa shape index (κ3) is 3.17. The summed E-state index contributed by atoms with van der Waals surface area (Å²) in [5, 5.41) is 3.33. The lowest BCUT2D eigenvalue weighted by molar-refractivity contribution is 0.415. The molecule has 4 aromatic rings. The molecule has 0 atom stereocenters. The van der Waals surface area contributed by atoms with E-state index >= 15 is 0 Å². The second-order valence-corrected chi connectivity index (χ2v) is 5.79. The molecule has 6 heteroatoms. The number of aromatic nitrogens is 3. The van der Waals surface area contributed by atoms with Gasteiger partial charge in [0.05, 0.1) is 18.1 Å². The van der Waals surface area contributed by atoms with E-state index in [9.17, 15) is 0 Å². The number of hydrogen-bond donors (Lipinski definition) is 1. The van der Waals surface area contributed by atoms with Gasteiger partial charge in [0.15, 0.2) is 0 Å². The second kappa shape index (κ2) is 6.76. The molecule has 0 aliphatic heterocycles. The van der Waals surface area contributed by atoms with Gasteiger partial charge < -0.3 is 19.4 Å². The molecule has 0 saturated heterocycles. The summed E-state index contributed by atoms with van der Waals surface area (Å²) < 4.78 is 13.1. The van der Waals surface area contributed by atoms with Gasteiger partial charge in [-0.2, -0.15) is 0 Å². The molecule has 1 N–H and O–H groups in total. The van der Waals surface area contributed by atoms with Crippen LogP contribution in [0.3, 0.4) is 0 Å². The zero-order valence-electron chi connectivity index (χ0n) is 14.5. The molecular formula is C20H18N4O2. The summed E-state index contributed by atoms with van der Waals surface area (Å²) in [5.74, 6) is 3.01. The fraction of sp³-hybridized carbons (Fsp3) is 0.100. The zero-order valence-corrected chi connectivity index (χ0v) is 14.5. The smallest absolute Gasteiger partial charge is 0.208 e. The number of hydrogen-bond acceptors (Lipinski definition) is 5. The number of ether oxygens (including phenoxy) is 2. The Morgan fingerprint density at radius 3 is 2.58 bits per heavy atom. The van der Waals surface area contributed by atoms with Gasteiger partial charge >= 0.3 is 0 Å². The molecule has 6 nitrogen and oxygen atoms in total. The lowest BCUT2D eigenvalue weighted by Gasteiger charge is -2.07. The molecule has 130 valence electrons. The standard InChI is InChI=1S/C20H18N4O2/c1-24-19-7-6-17(26-15-8-10-21-11-9-15)13-18(19)23-20(24)22-14-4-3-5-16(12-14)25-2/h3-13H,1-2H3,(H,22,23). The average molecular weight is 346 g/mol. The van der Waals surface area contributed by atoms with Crippen molar-refractivity contribution in [2.75, 3.05) is 12.4 Å². The molecule has 0 aliphatic rings. The number of methoxy groups -OCH3 is 1. The van der Waals surface area contributed by atoms with E-state index < -0.39 is 0 Å². The molecule has 0 radical (unpaired) electrons. The van der Waals surface area contributed by atoms with E-state index in [2.05, 4.69) is 15.3 Å². The van der Waals surface area contributed by atoms with Crippen molar-refractivity contribution >= 4 is 22.7 Å². The van der Waals surface area contributed by atoms with Crippen molar-refractivity contribution < 1.29 is 9.47 Å². The molecule has 2 aromatic heterocycles. The van der Waals surface area contributed by atoms with Crippen molar-refractivity contribution in [2.45, 2.75) is 0 Å². The molecule has 0 saturated carbocycles. The molecule has 2 heterocycles. The molecule has 0 bridgehead atoms. The maximum Gasteiger partial charge on any atom is 0.208 e. The fourth-order valence-corrected chi connectivity index (χ4v) is 2.73. The highest BCUT2D eigenvalue weighted by Gasteiger charge is 2.10. The van der Waals surface area contributed by atoms with Crippen LogP contribution in [-0.4, -0.2) is 21.6 Å². The largest absolute Gasteiger partial charge is 0.497 e. The van der Waals surface area contributed by atoms with Gasteiger partial charge in [0.1, 0.15) is 17.2 Å². The van der Waals surface area contributed by atoms with Gasteiger partial charge in [0.25, 0.3) is 0 Å². The van der Waals surface area contributed by atoms with Crippen LogP contribution in [0.4, 0.5) is 11.6 Å². The third-order valence-corrected chi connectivity index (χ3v) is 4.06. The van der Waals surface area contributed by atoms with E-state index in [-0.39, 0.29) is 0 Å². The summed E-state index contributed by atoms with van der Waals surface area (Å²) in [5.41, 5.74) is 2.78. The summed E-state index contributed by atoms with van der Waals surface area (Å²) in [4.78, 5) is 8.68. The summed E-state index contributed by atoms with van der Waals surface area (Å²) in [6, 6.07) is 17.2. The molecule has 0 amide bonds. The minimum absolute atomic E-state index is 0.731. The Morgan fingerprint density at radius 2 is 1.77 bits per heavy atom. The number of pyridine rings is 1. The number of imidazole rings is 1. The third-order valence-electron chi connectivity index (χ3n) is 4.06. The van der Waals surface area contributed by atoms with E-state index in [1.165, 1.54) is 0 Å². The minimum atomic E-state index is 0.731. The quantitative estimate of drug-likeness (QED) is 0.576. The Morgan fingerprint density at radius 1 is 0.923 bits per heavy atom. The number of nitrogens with zero attached hydrogens (tertiary/aromatic N) is 3. The van der Waals surface area contributed by atoms with E-state index in [0.717, 1.165) is 39.9 Å². The first-order chi connectivity index (χ1) is 12.7. The Kier molecular flexibility index (Phi) is 4.15. The topological polar surface area (TPSA) is 61.2 Å². The highest BCUT2D eigenvalue weighted by atomic mass is 16.5. The molecule has 0 unspecified atom stereocenters. The second-order valence-electron chi connectivity index (χ2n) is 5.79. The van der Waals surface area contributed by atoms with Gasteiger partial charge in [-0.1, -0.05) is 6.07 Å². The van der Waals surface area contributed by atoms with Crippen molar-refractivity contribution in [3.8, 4) is 17.2 Å². The molecule has 0 fully saturated rings. The lowest BCUT2D eigenvalue weighted by Crippen LogP contribution is -1.99. The van der Waals surface area contributed by atoms with E-state index in [4.69, 9.17) is 9.47 Å². The zero-order chi connectivity index (χ0) is 17.9. The molecule has 2 aromatic carbocycles. The predicted molar refractivity (Wildman–Crippen MR) is 101 cm³/mol. The highest BCUT2D eigenvalue weighted by Crippen LogP contribution is 2.28. The van der Waals surface area contributed by atoms with E-state index in [0.29, 0.717) is 0 Å². The van der Waals surface area contributed by atoms with Crippen LogP contribution in [-0.2, 0) is 7.05 Å². The van der Waals surface area contributed by atoms with Crippen LogP contribution >= 0.6 is 0 Å². The van der Waals surface area contributed by atoms with Crippen molar-refractivity contribution in [1.82, 2.24) is 14.5 Å². The van der Waals surface area contributed by atoms with Crippen molar-refractivity contribution in [3.05, 3.63) is 67.0 Å². The Balaban J connectivity index is 1.63. The molecule has 26 heavy (non-hydrogen) atoms. The van der Waals surface area contributed by atoms with Crippen LogP contribution in [0.5, 0.6) is 17.2 Å². The number of rotatable bonds is 5. The minimum Gasteiger partial charge on any atom is -0.497 e. The van der Waals surface area contributed by atoms with Gasteiger partial charge in [0, 0.05) is 37.3 Å². The van der Waals surface area contributed by atoms with Crippen LogP contribution in [0.15, 0.2) is 67.0 Å². The van der Waals surface area contributed by atoms with Crippen LogP contribution in [0.1, 0.15) is 0 Å². The molecule has 0 spiro atoms. The molecule has 4 rings (SSSR count). The first-order valence-electron chi connectivity index (χ1n) is 8.18. The van der Waals surface area contributed by atoms with Crippen LogP contribution < -0.4 is 14.8 Å². The number of anilines is 2. The molecular weight excluding hydrogens is 328 g/mol. The maximum atomic E-state index is 5.86. The first kappa shape index (κ1) is 16.0. The van der Waals surface area contributed by atoms with E-state index in [1.807, 2.05) is 66.2 Å². The normalized spacial score (nSPS) is 10.7. The van der Waals surface area contributed by atoms with Gasteiger partial charge in [-0.25, -0.2) is 4.98 Å². The van der Waals surface area contributed by atoms with Gasteiger partial charge in [-0.05, 0) is 36.4 Å². The van der Waals surface area contributed by atoms with Crippen molar-refractivity contribution in [3.63, 3.8) is 0 Å². The van der Waals surface area contributed by atoms with Crippen LogP contribution in [0, 0.1) is 0 Å². The first-order valence-corrected chi connectivity index (χ1v) is 8.18. The van der Waals surface area contributed by atoms with Crippen LogP contribution in [0.2, 0.25) is 0 Å². The highest BCUT2D eigenvalue weighted by molar-refractivity contribution is 5.81. The molecule has 0 aliphatic carbocycles. The lowest BCUT2D eigenvalue weighted by atomic mass is 10.3. The summed E-state index contributed by atoms with van der Waals surface area (Å²) in [7, 11) is 3.62. The number of benzene rings is 2.